The Labute approximate surface area is 103 Å². The van der Waals surface area contributed by atoms with Gasteiger partial charge in [-0.1, -0.05) is 0 Å². The lowest BCUT2D eigenvalue weighted by Gasteiger charge is -2.31. The monoisotopic (exact) mass is 257 g/mol. The Hall–Kier alpha value is -0.880. The van der Waals surface area contributed by atoms with E-state index in [-0.39, 0.29) is 12.1 Å². The minimum atomic E-state index is -3.17. The molecule has 0 saturated carbocycles. The van der Waals surface area contributed by atoms with Crippen LogP contribution in [0.3, 0.4) is 0 Å². The number of aliphatic imine (C=N–C) groups is 1. The minimum absolute atomic E-state index is 0.0992. The van der Waals surface area contributed by atoms with Crippen LogP contribution >= 0.6 is 0 Å². The molecule has 96 valence electrons. The second-order valence-electron chi connectivity index (χ2n) is 4.80. The number of rotatable bonds is 2. The zero-order valence-electron chi connectivity index (χ0n) is 10.7. The maximum Gasteiger partial charge on any atom is 0.209 e. The molecule has 6 heteroatoms. The van der Waals surface area contributed by atoms with E-state index in [4.69, 9.17) is 0 Å². The summed E-state index contributed by atoms with van der Waals surface area (Å²) < 4.78 is 25.4. The molecule has 0 bridgehead atoms. The molecule has 1 N–H and O–H groups in total. The van der Waals surface area contributed by atoms with E-state index < -0.39 is 10.0 Å². The second kappa shape index (κ2) is 4.10. The lowest BCUT2D eigenvalue weighted by atomic mass is 10.0. The van der Waals surface area contributed by atoms with E-state index in [0.29, 0.717) is 0 Å². The molecule has 2 heterocycles. The molecule has 0 spiro atoms. The normalized spacial score (nSPS) is 29.4. The molecular formula is C11H19N3O2S. The Balaban J connectivity index is 2.33. The fraction of sp³-hybridized carbons (Fsp3) is 0.727. The van der Waals surface area contributed by atoms with Crippen molar-refractivity contribution in [3.8, 4) is 0 Å². The van der Waals surface area contributed by atoms with Gasteiger partial charge >= 0.3 is 0 Å². The Kier molecular flexibility index (Phi) is 3.03. The zero-order chi connectivity index (χ0) is 12.8. The van der Waals surface area contributed by atoms with E-state index in [1.807, 2.05) is 20.8 Å². The Morgan fingerprint density at radius 3 is 2.65 bits per heavy atom. The summed E-state index contributed by atoms with van der Waals surface area (Å²) in [5.74, 6) is 0.982. The third kappa shape index (κ3) is 2.37. The number of amidine groups is 1. The van der Waals surface area contributed by atoms with Crippen molar-refractivity contribution < 1.29 is 8.42 Å². The van der Waals surface area contributed by atoms with E-state index in [1.165, 1.54) is 6.26 Å². The molecule has 1 saturated heterocycles. The van der Waals surface area contributed by atoms with E-state index >= 15 is 0 Å². The van der Waals surface area contributed by atoms with E-state index in [1.54, 1.807) is 0 Å². The van der Waals surface area contributed by atoms with Gasteiger partial charge < -0.3 is 4.90 Å². The highest BCUT2D eigenvalue weighted by molar-refractivity contribution is 7.88. The molecule has 0 amide bonds. The summed E-state index contributed by atoms with van der Waals surface area (Å²) in [6, 6.07) is 0.0427. The van der Waals surface area contributed by atoms with Crippen molar-refractivity contribution in [3.63, 3.8) is 0 Å². The van der Waals surface area contributed by atoms with Crippen molar-refractivity contribution in [1.82, 2.24) is 9.62 Å². The lowest BCUT2D eigenvalue weighted by Crippen LogP contribution is -2.39. The lowest BCUT2D eigenvalue weighted by molar-refractivity contribution is 0.536. The SMILES string of the molecule is CC1=N[C@@H](C)C(C)=C2[C@H](NS(C)(=O)=O)CCN12. The van der Waals surface area contributed by atoms with Crippen molar-refractivity contribution in [3.05, 3.63) is 11.3 Å². The van der Waals surface area contributed by atoms with Gasteiger partial charge in [-0.2, -0.15) is 0 Å². The van der Waals surface area contributed by atoms with Crippen molar-refractivity contribution in [2.24, 2.45) is 4.99 Å². The Bertz CT molecular complexity index is 493. The van der Waals surface area contributed by atoms with Gasteiger partial charge in [0, 0.05) is 12.2 Å². The predicted molar refractivity (Wildman–Crippen MR) is 68.4 cm³/mol. The maximum atomic E-state index is 11.3. The van der Waals surface area contributed by atoms with Crippen LogP contribution in [0.25, 0.3) is 0 Å². The highest BCUT2D eigenvalue weighted by Crippen LogP contribution is 2.31. The van der Waals surface area contributed by atoms with E-state index in [9.17, 15) is 8.42 Å². The summed E-state index contributed by atoms with van der Waals surface area (Å²) in [7, 11) is -3.17. The molecule has 2 atom stereocenters. The smallest absolute Gasteiger partial charge is 0.209 e. The van der Waals surface area contributed by atoms with Crippen molar-refractivity contribution in [2.75, 3.05) is 12.8 Å². The van der Waals surface area contributed by atoms with E-state index in [0.717, 1.165) is 30.1 Å². The summed E-state index contributed by atoms with van der Waals surface area (Å²) >= 11 is 0. The molecule has 0 aliphatic carbocycles. The van der Waals surface area contributed by atoms with Crippen molar-refractivity contribution in [2.45, 2.75) is 39.3 Å². The van der Waals surface area contributed by atoms with Crippen LogP contribution in [0.1, 0.15) is 27.2 Å². The van der Waals surface area contributed by atoms with Crippen LogP contribution in [-0.2, 0) is 10.0 Å². The number of sulfonamides is 1. The molecule has 2 aliphatic rings. The average molecular weight is 257 g/mol. The van der Waals surface area contributed by atoms with Gasteiger partial charge in [-0.05, 0) is 32.8 Å². The summed E-state index contributed by atoms with van der Waals surface area (Å²) in [5.41, 5.74) is 2.25. The summed E-state index contributed by atoms with van der Waals surface area (Å²) in [4.78, 5) is 6.67. The number of fused-ring (bicyclic) bond motifs is 1. The van der Waals surface area contributed by atoms with E-state index in [2.05, 4.69) is 14.6 Å². The topological polar surface area (TPSA) is 61.8 Å². The largest absolute Gasteiger partial charge is 0.332 e. The van der Waals surface area contributed by atoms with Gasteiger partial charge in [0.05, 0.1) is 18.3 Å². The first-order chi connectivity index (χ1) is 7.79. The minimum Gasteiger partial charge on any atom is -0.332 e. The average Bonchev–Trinajstić information content (AvgIpc) is 2.56. The van der Waals surface area contributed by atoms with Crippen LogP contribution in [0.2, 0.25) is 0 Å². The third-order valence-electron chi connectivity index (χ3n) is 3.42. The first kappa shape index (κ1) is 12.6. The van der Waals surface area contributed by atoms with Crippen LogP contribution in [0.15, 0.2) is 16.3 Å². The fourth-order valence-electron chi connectivity index (χ4n) is 2.56. The Morgan fingerprint density at radius 2 is 2.06 bits per heavy atom. The molecular weight excluding hydrogens is 238 g/mol. The molecule has 1 fully saturated rings. The van der Waals surface area contributed by atoms with Crippen LogP contribution in [0.4, 0.5) is 0 Å². The zero-order valence-corrected chi connectivity index (χ0v) is 11.5. The second-order valence-corrected chi connectivity index (χ2v) is 6.58. The summed E-state index contributed by atoms with van der Waals surface area (Å²) in [6.07, 6.45) is 2.01. The summed E-state index contributed by atoms with van der Waals surface area (Å²) in [6.45, 7) is 6.89. The van der Waals surface area contributed by atoms with Crippen LogP contribution in [0, 0.1) is 0 Å². The quantitative estimate of drug-likeness (QED) is 0.792. The summed E-state index contributed by atoms with van der Waals surface area (Å²) in [5, 5.41) is 0. The van der Waals surface area contributed by atoms with Gasteiger partial charge in [-0.15, -0.1) is 0 Å². The number of hydrogen-bond donors (Lipinski definition) is 1. The fourth-order valence-corrected chi connectivity index (χ4v) is 3.31. The van der Waals surface area contributed by atoms with Crippen molar-refractivity contribution >= 4 is 15.9 Å². The number of hydrogen-bond acceptors (Lipinski definition) is 4. The standard InChI is InChI=1S/C11H19N3O2S/c1-7-8(2)12-9(3)14-6-5-10(11(7)14)13-17(4,15)16/h8,10,13H,5-6H2,1-4H3/t8-,10+/m0/s1. The van der Waals surface area contributed by atoms with Gasteiger partial charge in [0.25, 0.3) is 0 Å². The predicted octanol–water partition coefficient (Wildman–Crippen LogP) is 0.704. The van der Waals surface area contributed by atoms with Gasteiger partial charge in [-0.25, -0.2) is 13.1 Å². The Morgan fingerprint density at radius 1 is 1.41 bits per heavy atom. The molecule has 17 heavy (non-hydrogen) atoms. The van der Waals surface area contributed by atoms with Gasteiger partial charge in [-0.3, -0.25) is 4.99 Å². The highest BCUT2D eigenvalue weighted by atomic mass is 32.2. The molecule has 0 aromatic heterocycles. The van der Waals surface area contributed by atoms with Gasteiger partial charge in [0.1, 0.15) is 5.84 Å². The van der Waals surface area contributed by atoms with Gasteiger partial charge in [0.2, 0.25) is 10.0 Å². The first-order valence-electron chi connectivity index (χ1n) is 5.79. The molecule has 0 unspecified atom stereocenters. The van der Waals surface area contributed by atoms with Crippen LogP contribution in [0.5, 0.6) is 0 Å². The van der Waals surface area contributed by atoms with Crippen LogP contribution < -0.4 is 4.72 Å². The molecule has 0 aromatic carbocycles. The van der Waals surface area contributed by atoms with Crippen LogP contribution in [-0.4, -0.2) is 44.0 Å². The molecule has 0 aromatic rings. The number of nitrogens with zero attached hydrogens (tertiary/aromatic N) is 2. The molecule has 0 radical (unpaired) electrons. The first-order valence-corrected chi connectivity index (χ1v) is 7.68. The highest BCUT2D eigenvalue weighted by Gasteiger charge is 2.35. The number of nitrogens with one attached hydrogen (secondary N) is 1. The van der Waals surface area contributed by atoms with Crippen molar-refractivity contribution in [1.29, 1.82) is 0 Å². The molecule has 5 nitrogen and oxygen atoms in total. The molecule has 2 aliphatic heterocycles. The third-order valence-corrected chi connectivity index (χ3v) is 4.13. The van der Waals surface area contributed by atoms with Gasteiger partial charge in [0.15, 0.2) is 0 Å². The maximum absolute atomic E-state index is 11.3. The molecule has 2 rings (SSSR count).